The lowest BCUT2D eigenvalue weighted by Crippen LogP contribution is -2.31. The van der Waals surface area contributed by atoms with Gasteiger partial charge < -0.3 is 9.30 Å². The predicted octanol–water partition coefficient (Wildman–Crippen LogP) is 4.65. The summed E-state index contributed by atoms with van der Waals surface area (Å²) < 4.78 is 7.32. The van der Waals surface area contributed by atoms with Crippen molar-refractivity contribution >= 4 is 0 Å². The van der Waals surface area contributed by atoms with Crippen LogP contribution in [0.1, 0.15) is 58.7 Å². The second kappa shape index (κ2) is 7.65. The fourth-order valence-electron chi connectivity index (χ4n) is 2.81. The molecule has 0 amide bonds. The number of aromatic nitrogens is 2. The third kappa shape index (κ3) is 3.53. The van der Waals surface area contributed by atoms with Crippen LogP contribution < -0.4 is 10.3 Å². The number of methoxy groups -OCH3 is 1. The van der Waals surface area contributed by atoms with E-state index in [0.29, 0.717) is 11.6 Å². The van der Waals surface area contributed by atoms with E-state index >= 15 is 0 Å². The summed E-state index contributed by atoms with van der Waals surface area (Å²) in [7, 11) is 1.65. The Morgan fingerprint density at radius 1 is 1.17 bits per heavy atom. The van der Waals surface area contributed by atoms with Crippen LogP contribution >= 0.6 is 0 Å². The van der Waals surface area contributed by atoms with Crippen molar-refractivity contribution in [1.82, 2.24) is 9.55 Å². The molecular weight excluding hydrogens is 300 g/mol. The zero-order chi connectivity index (χ0) is 17.9. The highest BCUT2D eigenvalue weighted by atomic mass is 16.5. The molecule has 2 unspecified atom stereocenters. The van der Waals surface area contributed by atoms with Crippen molar-refractivity contribution in [3.8, 4) is 17.0 Å². The number of hydrogen-bond acceptors (Lipinski definition) is 3. The Morgan fingerprint density at radius 2 is 1.83 bits per heavy atom. The molecule has 130 valence electrons. The Kier molecular flexibility index (Phi) is 5.81. The first-order valence-electron chi connectivity index (χ1n) is 8.67. The van der Waals surface area contributed by atoms with Crippen LogP contribution in [0.5, 0.6) is 5.75 Å². The molecule has 0 saturated carbocycles. The quantitative estimate of drug-likeness (QED) is 0.775. The first-order valence-corrected chi connectivity index (χ1v) is 8.67. The standard InChI is InChI=1S/C20H28N2O2/c1-7-14(4)15(5)22-12-17(21-19(13(2)3)20(22)23)16-10-8-9-11-18(16)24-6/h8-15H,7H2,1-6H3. The lowest BCUT2D eigenvalue weighted by Gasteiger charge is -2.23. The van der Waals surface area contributed by atoms with Crippen molar-refractivity contribution in [3.05, 3.63) is 46.5 Å². The third-order valence-electron chi connectivity index (χ3n) is 4.79. The van der Waals surface area contributed by atoms with Crippen LogP contribution in [0.25, 0.3) is 11.3 Å². The molecule has 0 bridgehead atoms. The fourth-order valence-corrected chi connectivity index (χ4v) is 2.81. The second-order valence-corrected chi connectivity index (χ2v) is 6.70. The van der Waals surface area contributed by atoms with Gasteiger partial charge in [0.2, 0.25) is 0 Å². The van der Waals surface area contributed by atoms with Gasteiger partial charge in [-0.05, 0) is 25.0 Å². The van der Waals surface area contributed by atoms with Gasteiger partial charge in [-0.2, -0.15) is 0 Å². The predicted molar refractivity (Wildman–Crippen MR) is 98.7 cm³/mol. The van der Waals surface area contributed by atoms with Gasteiger partial charge in [0.05, 0.1) is 12.8 Å². The van der Waals surface area contributed by atoms with Crippen molar-refractivity contribution < 1.29 is 4.74 Å². The number of nitrogens with zero attached hydrogens (tertiary/aromatic N) is 2. The van der Waals surface area contributed by atoms with E-state index in [1.54, 1.807) is 7.11 Å². The molecule has 1 aromatic carbocycles. The van der Waals surface area contributed by atoms with E-state index in [1.165, 1.54) is 0 Å². The van der Waals surface area contributed by atoms with Gasteiger partial charge in [0.15, 0.2) is 0 Å². The summed E-state index contributed by atoms with van der Waals surface area (Å²) in [5.41, 5.74) is 2.31. The van der Waals surface area contributed by atoms with Crippen LogP contribution in [-0.4, -0.2) is 16.7 Å². The largest absolute Gasteiger partial charge is 0.496 e. The molecule has 0 fully saturated rings. The lowest BCUT2D eigenvalue weighted by molar-refractivity contribution is 0.359. The Bertz CT molecular complexity index is 750. The topological polar surface area (TPSA) is 44.1 Å². The van der Waals surface area contributed by atoms with Crippen LogP contribution in [0.15, 0.2) is 35.3 Å². The van der Waals surface area contributed by atoms with E-state index in [1.807, 2.05) is 48.9 Å². The average Bonchev–Trinajstić information content (AvgIpc) is 2.60. The summed E-state index contributed by atoms with van der Waals surface area (Å²) in [4.78, 5) is 17.5. The number of benzene rings is 1. The van der Waals surface area contributed by atoms with E-state index in [-0.39, 0.29) is 17.5 Å². The minimum atomic E-state index is 0.0106. The monoisotopic (exact) mass is 328 g/mol. The van der Waals surface area contributed by atoms with Gasteiger partial charge in [-0.3, -0.25) is 4.79 Å². The van der Waals surface area contributed by atoms with Crippen molar-refractivity contribution in [2.45, 2.75) is 53.0 Å². The van der Waals surface area contributed by atoms with Crippen molar-refractivity contribution in [1.29, 1.82) is 0 Å². The number of rotatable bonds is 6. The van der Waals surface area contributed by atoms with Crippen molar-refractivity contribution in [2.24, 2.45) is 5.92 Å². The number of ether oxygens (including phenoxy) is 1. The molecule has 1 aromatic heterocycles. The summed E-state index contributed by atoms with van der Waals surface area (Å²) in [5, 5.41) is 0. The fraction of sp³-hybridized carbons (Fsp3) is 0.500. The van der Waals surface area contributed by atoms with E-state index in [0.717, 1.165) is 23.4 Å². The smallest absolute Gasteiger partial charge is 0.272 e. The summed E-state index contributed by atoms with van der Waals surface area (Å²) >= 11 is 0. The van der Waals surface area contributed by atoms with E-state index in [2.05, 4.69) is 25.8 Å². The first kappa shape index (κ1) is 18.2. The molecule has 0 radical (unpaired) electrons. The Morgan fingerprint density at radius 3 is 2.42 bits per heavy atom. The average molecular weight is 328 g/mol. The highest BCUT2D eigenvalue weighted by Crippen LogP contribution is 2.29. The third-order valence-corrected chi connectivity index (χ3v) is 4.79. The van der Waals surface area contributed by atoms with Crippen LogP contribution in [0, 0.1) is 5.92 Å². The minimum absolute atomic E-state index is 0.0106. The molecule has 0 N–H and O–H groups in total. The van der Waals surface area contributed by atoms with E-state index in [4.69, 9.17) is 4.74 Å². The summed E-state index contributed by atoms with van der Waals surface area (Å²) in [6, 6.07) is 7.91. The molecule has 2 rings (SSSR count). The number of para-hydroxylation sites is 1. The normalized spacial score (nSPS) is 13.8. The second-order valence-electron chi connectivity index (χ2n) is 6.70. The van der Waals surface area contributed by atoms with Gasteiger partial charge in [0.25, 0.3) is 5.56 Å². The Hall–Kier alpha value is -2.10. The van der Waals surface area contributed by atoms with Crippen LogP contribution in [0.3, 0.4) is 0 Å². The maximum Gasteiger partial charge on any atom is 0.272 e. The molecule has 4 heteroatoms. The zero-order valence-corrected chi connectivity index (χ0v) is 15.5. The van der Waals surface area contributed by atoms with Crippen LogP contribution in [0.4, 0.5) is 0 Å². The van der Waals surface area contributed by atoms with Gasteiger partial charge in [0, 0.05) is 23.7 Å². The molecule has 0 aliphatic rings. The van der Waals surface area contributed by atoms with Gasteiger partial charge in [-0.1, -0.05) is 46.2 Å². The Balaban J connectivity index is 2.70. The molecule has 0 saturated heterocycles. The van der Waals surface area contributed by atoms with E-state index < -0.39 is 0 Å². The SMILES string of the molecule is CCC(C)C(C)n1cc(-c2ccccc2OC)nc(C(C)C)c1=O. The van der Waals surface area contributed by atoms with Crippen molar-refractivity contribution in [2.75, 3.05) is 7.11 Å². The zero-order valence-electron chi connectivity index (χ0n) is 15.5. The van der Waals surface area contributed by atoms with E-state index in [9.17, 15) is 4.79 Å². The van der Waals surface area contributed by atoms with Crippen LogP contribution in [0.2, 0.25) is 0 Å². The summed E-state index contributed by atoms with van der Waals surface area (Å²) in [6.07, 6.45) is 2.90. The van der Waals surface area contributed by atoms with Gasteiger partial charge in [-0.15, -0.1) is 0 Å². The van der Waals surface area contributed by atoms with Crippen LogP contribution in [-0.2, 0) is 0 Å². The molecule has 1 heterocycles. The highest BCUT2D eigenvalue weighted by molar-refractivity contribution is 5.66. The minimum Gasteiger partial charge on any atom is -0.496 e. The highest BCUT2D eigenvalue weighted by Gasteiger charge is 2.20. The van der Waals surface area contributed by atoms with Gasteiger partial charge in [-0.25, -0.2) is 4.98 Å². The number of hydrogen-bond donors (Lipinski definition) is 0. The lowest BCUT2D eigenvalue weighted by atomic mass is 10.00. The Labute approximate surface area is 144 Å². The molecule has 0 spiro atoms. The molecule has 24 heavy (non-hydrogen) atoms. The molecule has 2 aromatic rings. The summed E-state index contributed by atoms with van der Waals surface area (Å²) in [5.74, 6) is 1.25. The van der Waals surface area contributed by atoms with Crippen molar-refractivity contribution in [3.63, 3.8) is 0 Å². The maximum absolute atomic E-state index is 12.9. The molecule has 2 atom stereocenters. The maximum atomic E-state index is 12.9. The molecule has 0 aliphatic heterocycles. The first-order chi connectivity index (χ1) is 11.4. The molecule has 4 nitrogen and oxygen atoms in total. The molecular formula is C20H28N2O2. The van der Waals surface area contributed by atoms with Gasteiger partial charge >= 0.3 is 0 Å². The molecule has 0 aliphatic carbocycles. The van der Waals surface area contributed by atoms with Gasteiger partial charge in [0.1, 0.15) is 11.4 Å². The summed E-state index contributed by atoms with van der Waals surface area (Å²) in [6.45, 7) is 10.4.